The van der Waals surface area contributed by atoms with E-state index in [1.54, 1.807) is 12.1 Å². The predicted molar refractivity (Wildman–Crippen MR) is 109 cm³/mol. The molecule has 0 unspecified atom stereocenters. The number of nitrogens with one attached hydrogen (secondary N) is 1. The smallest absolute Gasteiger partial charge is 0.331 e. The van der Waals surface area contributed by atoms with Crippen molar-refractivity contribution in [1.82, 2.24) is 5.32 Å². The molecule has 1 amide bonds. The number of methoxy groups -OCH3 is 3. The minimum absolute atomic E-state index is 0.183. The fourth-order valence-electron chi connectivity index (χ4n) is 2.65. The average molecular weight is 399 g/mol. The molecule has 0 spiro atoms. The maximum atomic E-state index is 12.0. The highest BCUT2D eigenvalue weighted by Gasteiger charge is 2.13. The van der Waals surface area contributed by atoms with E-state index >= 15 is 0 Å². The summed E-state index contributed by atoms with van der Waals surface area (Å²) in [5.41, 5.74) is 1.62. The Balaban J connectivity index is 1.92. The van der Waals surface area contributed by atoms with Crippen molar-refractivity contribution >= 4 is 18.0 Å². The molecule has 0 radical (unpaired) electrons. The highest BCUT2D eigenvalue weighted by Crippen LogP contribution is 2.38. The summed E-state index contributed by atoms with van der Waals surface area (Å²) in [5.74, 6) is 0.374. The summed E-state index contributed by atoms with van der Waals surface area (Å²) >= 11 is 0. The van der Waals surface area contributed by atoms with E-state index in [0.717, 1.165) is 5.56 Å². The number of hydrogen-bond donors (Lipinski definition) is 1. The Bertz CT molecular complexity index is 838. The van der Waals surface area contributed by atoms with Crippen molar-refractivity contribution in [3.05, 3.63) is 59.7 Å². The van der Waals surface area contributed by atoms with Gasteiger partial charge in [-0.3, -0.25) is 4.79 Å². The number of ether oxygens (including phenoxy) is 4. The summed E-state index contributed by atoms with van der Waals surface area (Å²) in [6.07, 6.45) is 2.77. The van der Waals surface area contributed by atoms with Crippen LogP contribution in [0.1, 0.15) is 24.1 Å². The van der Waals surface area contributed by atoms with E-state index in [1.165, 1.54) is 33.5 Å². The molecule has 0 fully saturated rings. The molecule has 2 aromatic carbocycles. The van der Waals surface area contributed by atoms with E-state index in [1.807, 2.05) is 37.3 Å². The number of amides is 1. The summed E-state index contributed by atoms with van der Waals surface area (Å²) in [7, 11) is 4.53. The molecule has 0 aliphatic rings. The van der Waals surface area contributed by atoms with Gasteiger partial charge in [-0.1, -0.05) is 30.3 Å². The van der Waals surface area contributed by atoms with Crippen molar-refractivity contribution in [3.63, 3.8) is 0 Å². The third-order valence-electron chi connectivity index (χ3n) is 4.12. The van der Waals surface area contributed by atoms with Gasteiger partial charge in [-0.2, -0.15) is 0 Å². The van der Waals surface area contributed by atoms with Crippen LogP contribution in [0.4, 0.5) is 0 Å². The third-order valence-corrected chi connectivity index (χ3v) is 4.12. The molecule has 0 bridgehead atoms. The van der Waals surface area contributed by atoms with Gasteiger partial charge in [0.05, 0.1) is 27.4 Å². The molecule has 2 rings (SSSR count). The second kappa shape index (κ2) is 10.8. The van der Waals surface area contributed by atoms with E-state index < -0.39 is 5.97 Å². The third kappa shape index (κ3) is 6.27. The van der Waals surface area contributed by atoms with Crippen LogP contribution in [-0.2, 0) is 14.3 Å². The number of carbonyl (C=O) groups excluding carboxylic acids is 2. The van der Waals surface area contributed by atoms with Crippen LogP contribution in [0.3, 0.4) is 0 Å². The largest absolute Gasteiger partial charge is 0.493 e. The van der Waals surface area contributed by atoms with Gasteiger partial charge in [0, 0.05) is 6.08 Å². The zero-order valence-corrected chi connectivity index (χ0v) is 16.9. The lowest BCUT2D eigenvalue weighted by atomic mass is 10.1. The van der Waals surface area contributed by atoms with Crippen LogP contribution < -0.4 is 19.5 Å². The van der Waals surface area contributed by atoms with Gasteiger partial charge in [0.1, 0.15) is 0 Å². The Kier molecular flexibility index (Phi) is 8.09. The minimum Gasteiger partial charge on any atom is -0.493 e. The number of carbonyl (C=O) groups is 2. The van der Waals surface area contributed by atoms with Crippen LogP contribution in [0.25, 0.3) is 6.08 Å². The van der Waals surface area contributed by atoms with Crippen molar-refractivity contribution in [3.8, 4) is 17.2 Å². The molecule has 0 heterocycles. The summed E-state index contributed by atoms with van der Waals surface area (Å²) in [6.45, 7) is 1.50. The molecule has 0 aliphatic carbocycles. The molecular formula is C22H25NO6. The predicted octanol–water partition coefficient (Wildman–Crippen LogP) is 3.15. The van der Waals surface area contributed by atoms with Crippen LogP contribution >= 0.6 is 0 Å². The fourth-order valence-corrected chi connectivity index (χ4v) is 2.65. The van der Waals surface area contributed by atoms with Gasteiger partial charge in [0.2, 0.25) is 5.75 Å². The fraction of sp³-hybridized carbons (Fsp3) is 0.273. The summed E-state index contributed by atoms with van der Waals surface area (Å²) < 4.78 is 20.8. The number of esters is 1. The normalized spacial score (nSPS) is 11.6. The van der Waals surface area contributed by atoms with Gasteiger partial charge in [-0.05, 0) is 36.3 Å². The standard InChI is InChI=1S/C22H25NO6/c1-15(17-8-6-5-7-9-17)23-20(24)14-29-21(25)11-10-16-12-18(26-2)22(28-4)19(13-16)27-3/h5-13,15H,14H2,1-4H3,(H,23,24)/b11-10+/t15-/m1/s1. The topological polar surface area (TPSA) is 83.1 Å². The number of hydrogen-bond acceptors (Lipinski definition) is 6. The van der Waals surface area contributed by atoms with Crippen LogP contribution in [0.2, 0.25) is 0 Å². The molecule has 0 saturated heterocycles. The first-order chi connectivity index (χ1) is 14.0. The van der Waals surface area contributed by atoms with Crippen LogP contribution in [0.15, 0.2) is 48.5 Å². The first-order valence-corrected chi connectivity index (χ1v) is 8.97. The van der Waals surface area contributed by atoms with Crippen molar-refractivity contribution in [2.45, 2.75) is 13.0 Å². The Morgan fingerprint density at radius 3 is 2.17 bits per heavy atom. The minimum atomic E-state index is -0.638. The highest BCUT2D eigenvalue weighted by molar-refractivity contribution is 5.89. The average Bonchev–Trinajstić information content (AvgIpc) is 2.75. The molecule has 154 valence electrons. The van der Waals surface area contributed by atoms with E-state index in [9.17, 15) is 9.59 Å². The van der Waals surface area contributed by atoms with Crippen molar-refractivity contribution in [2.24, 2.45) is 0 Å². The lowest BCUT2D eigenvalue weighted by molar-refractivity contribution is -0.144. The summed E-state index contributed by atoms with van der Waals surface area (Å²) in [4.78, 5) is 23.9. The molecule has 1 atom stereocenters. The highest BCUT2D eigenvalue weighted by atomic mass is 16.5. The van der Waals surface area contributed by atoms with E-state index in [-0.39, 0.29) is 18.6 Å². The van der Waals surface area contributed by atoms with Crippen LogP contribution in [-0.4, -0.2) is 39.8 Å². The first kappa shape index (κ1) is 21.8. The Hall–Kier alpha value is -3.48. The Morgan fingerprint density at radius 1 is 1.00 bits per heavy atom. The maximum Gasteiger partial charge on any atom is 0.331 e. The van der Waals surface area contributed by atoms with Crippen molar-refractivity contribution in [1.29, 1.82) is 0 Å². The van der Waals surface area contributed by atoms with Gasteiger partial charge in [-0.25, -0.2) is 4.79 Å². The molecule has 0 aromatic heterocycles. The molecule has 2 aromatic rings. The second-order valence-electron chi connectivity index (χ2n) is 6.10. The van der Waals surface area contributed by atoms with Crippen molar-refractivity contribution in [2.75, 3.05) is 27.9 Å². The van der Waals surface area contributed by atoms with Gasteiger partial charge in [-0.15, -0.1) is 0 Å². The second-order valence-corrected chi connectivity index (χ2v) is 6.10. The summed E-state index contributed by atoms with van der Waals surface area (Å²) in [5, 5.41) is 2.78. The molecule has 29 heavy (non-hydrogen) atoms. The first-order valence-electron chi connectivity index (χ1n) is 8.97. The lowest BCUT2D eigenvalue weighted by Gasteiger charge is -2.14. The maximum absolute atomic E-state index is 12.0. The van der Waals surface area contributed by atoms with E-state index in [0.29, 0.717) is 22.8 Å². The molecule has 7 nitrogen and oxygen atoms in total. The van der Waals surface area contributed by atoms with Gasteiger partial charge >= 0.3 is 5.97 Å². The van der Waals surface area contributed by atoms with Gasteiger partial charge in [0.25, 0.3) is 5.91 Å². The van der Waals surface area contributed by atoms with E-state index in [4.69, 9.17) is 18.9 Å². The number of benzene rings is 2. The Labute approximate surface area is 170 Å². The van der Waals surface area contributed by atoms with Gasteiger partial charge in [0.15, 0.2) is 18.1 Å². The molecule has 7 heteroatoms. The van der Waals surface area contributed by atoms with Crippen molar-refractivity contribution < 1.29 is 28.5 Å². The molecule has 0 saturated carbocycles. The Morgan fingerprint density at radius 2 is 1.62 bits per heavy atom. The zero-order chi connectivity index (χ0) is 21.2. The SMILES string of the molecule is COc1cc(/C=C/C(=O)OCC(=O)N[C@H](C)c2ccccc2)cc(OC)c1OC. The molecular weight excluding hydrogens is 374 g/mol. The zero-order valence-electron chi connectivity index (χ0n) is 16.9. The lowest BCUT2D eigenvalue weighted by Crippen LogP contribution is -2.30. The molecule has 1 N–H and O–H groups in total. The summed E-state index contributed by atoms with van der Waals surface area (Å²) in [6, 6.07) is 12.7. The molecule has 0 aliphatic heterocycles. The van der Waals surface area contributed by atoms with Gasteiger partial charge < -0.3 is 24.3 Å². The number of rotatable bonds is 9. The van der Waals surface area contributed by atoms with Crippen LogP contribution in [0, 0.1) is 0 Å². The van der Waals surface area contributed by atoms with Crippen LogP contribution in [0.5, 0.6) is 17.2 Å². The quantitative estimate of drug-likeness (QED) is 0.515. The monoisotopic (exact) mass is 399 g/mol. The van der Waals surface area contributed by atoms with E-state index in [2.05, 4.69) is 5.32 Å².